The fraction of sp³-hybridized carbons (Fsp3) is 0.357. The van der Waals surface area contributed by atoms with E-state index in [1.54, 1.807) is 12.4 Å². The van der Waals surface area contributed by atoms with Gasteiger partial charge in [-0.05, 0) is 89.8 Å². The number of aliphatic hydroxyl groups is 1. The first-order chi connectivity index (χ1) is 15.9. The van der Waals surface area contributed by atoms with Gasteiger partial charge >= 0.3 is 0 Å². The molecule has 3 aromatic rings. The standard InChI is InChI=1S/C28H27ClN2O2/c1-28(33,20-6-4-10-30-16-20)19-8-11-31(12-9-19)27(32)26-21-7-3-2-5-17(21)13-18-14-24(29)22-15-23(22)25(18)26/h2,4-6,10,13-14,16,19,33H,3,7-9,11-12,15H2,1H3. The second kappa shape index (κ2) is 7.68. The maximum atomic E-state index is 14.0. The van der Waals surface area contributed by atoms with Gasteiger partial charge < -0.3 is 10.0 Å². The quantitative estimate of drug-likeness (QED) is 0.440. The third-order valence-electron chi connectivity index (χ3n) is 7.86. The Labute approximate surface area is 198 Å². The molecule has 1 amide bonds. The number of amides is 1. The minimum absolute atomic E-state index is 0.0896. The third kappa shape index (κ3) is 3.39. The van der Waals surface area contributed by atoms with Crippen molar-refractivity contribution in [2.24, 2.45) is 5.92 Å². The Balaban J connectivity index is 1.32. The molecule has 4 nitrogen and oxygen atoms in total. The van der Waals surface area contributed by atoms with Gasteiger partial charge in [0, 0.05) is 42.5 Å². The maximum absolute atomic E-state index is 14.0. The molecule has 2 aliphatic carbocycles. The van der Waals surface area contributed by atoms with E-state index in [9.17, 15) is 9.90 Å². The van der Waals surface area contributed by atoms with Crippen LogP contribution in [-0.2, 0) is 18.4 Å². The number of halogens is 1. The maximum Gasteiger partial charge on any atom is 0.254 e. The second-order valence-corrected chi connectivity index (χ2v) is 10.2. The zero-order chi connectivity index (χ0) is 22.7. The first kappa shape index (κ1) is 20.9. The van der Waals surface area contributed by atoms with Crippen LogP contribution in [0.2, 0.25) is 5.02 Å². The van der Waals surface area contributed by atoms with E-state index in [2.05, 4.69) is 23.2 Å². The van der Waals surface area contributed by atoms with E-state index >= 15 is 0 Å². The van der Waals surface area contributed by atoms with Crippen LogP contribution in [0.5, 0.6) is 0 Å². The van der Waals surface area contributed by atoms with Crippen molar-refractivity contribution in [3.8, 4) is 0 Å². The number of hydrogen-bond donors (Lipinski definition) is 1. The Kier molecular flexibility index (Phi) is 4.86. The van der Waals surface area contributed by atoms with Gasteiger partial charge in [-0.2, -0.15) is 0 Å². The summed E-state index contributed by atoms with van der Waals surface area (Å²) >= 11 is 6.47. The number of aromatic nitrogens is 1. The van der Waals surface area contributed by atoms with Crippen molar-refractivity contribution >= 4 is 34.4 Å². The first-order valence-electron chi connectivity index (χ1n) is 11.8. The van der Waals surface area contributed by atoms with E-state index in [0.717, 1.165) is 64.6 Å². The fourth-order valence-corrected chi connectivity index (χ4v) is 6.12. The Bertz CT molecular complexity index is 1300. The van der Waals surface area contributed by atoms with Crippen molar-refractivity contribution in [3.63, 3.8) is 0 Å². The average molecular weight is 459 g/mol. The molecule has 33 heavy (non-hydrogen) atoms. The number of allylic oxidation sites excluding steroid dienone is 1. The molecule has 3 aliphatic rings. The van der Waals surface area contributed by atoms with E-state index in [0.29, 0.717) is 13.1 Å². The van der Waals surface area contributed by atoms with Crippen LogP contribution in [0.3, 0.4) is 0 Å². The molecule has 1 aliphatic heterocycles. The Morgan fingerprint density at radius 2 is 2.03 bits per heavy atom. The smallest absolute Gasteiger partial charge is 0.254 e. The van der Waals surface area contributed by atoms with Gasteiger partial charge in [0.1, 0.15) is 0 Å². The summed E-state index contributed by atoms with van der Waals surface area (Å²) in [6, 6.07) is 8.01. The fourth-order valence-electron chi connectivity index (χ4n) is 5.82. The van der Waals surface area contributed by atoms with Crippen LogP contribution in [0.25, 0.3) is 16.8 Å². The summed E-state index contributed by atoms with van der Waals surface area (Å²) in [5.41, 5.74) is 5.52. The summed E-state index contributed by atoms with van der Waals surface area (Å²) < 4.78 is 0. The zero-order valence-electron chi connectivity index (χ0n) is 18.8. The van der Waals surface area contributed by atoms with Crippen molar-refractivity contribution < 1.29 is 9.90 Å². The molecule has 2 heterocycles. The van der Waals surface area contributed by atoms with Crippen molar-refractivity contribution in [2.45, 2.75) is 44.6 Å². The molecular formula is C28H27ClN2O2. The van der Waals surface area contributed by atoms with E-state index in [1.165, 1.54) is 16.7 Å². The van der Waals surface area contributed by atoms with E-state index in [1.807, 2.05) is 30.0 Å². The number of benzene rings is 2. The van der Waals surface area contributed by atoms with Crippen LogP contribution in [-0.4, -0.2) is 34.0 Å². The lowest BCUT2D eigenvalue weighted by atomic mass is 9.77. The van der Waals surface area contributed by atoms with Gasteiger partial charge in [0.25, 0.3) is 5.91 Å². The van der Waals surface area contributed by atoms with Crippen LogP contribution in [0.4, 0.5) is 0 Å². The lowest BCUT2D eigenvalue weighted by Crippen LogP contribution is -2.44. The van der Waals surface area contributed by atoms with Gasteiger partial charge in [0.2, 0.25) is 0 Å². The average Bonchev–Trinajstić information content (AvgIpc) is 3.65. The molecular weight excluding hydrogens is 432 g/mol. The largest absolute Gasteiger partial charge is 0.385 e. The molecule has 5 heteroatoms. The van der Waals surface area contributed by atoms with Crippen LogP contribution in [0, 0.1) is 5.92 Å². The monoisotopic (exact) mass is 458 g/mol. The number of carbonyl (C=O) groups is 1. The number of pyridine rings is 1. The highest BCUT2D eigenvalue weighted by atomic mass is 35.5. The summed E-state index contributed by atoms with van der Waals surface area (Å²) in [6.07, 6.45) is 12.1. The molecule has 1 atom stereocenters. The van der Waals surface area contributed by atoms with Gasteiger partial charge in [-0.3, -0.25) is 9.78 Å². The Hall–Kier alpha value is -2.69. The summed E-state index contributed by atoms with van der Waals surface area (Å²) in [4.78, 5) is 20.1. The number of carbonyl (C=O) groups excluding carboxylic acids is 1. The predicted octanol–water partition coefficient (Wildman–Crippen LogP) is 5.51. The number of likely N-dealkylation sites (tertiary alicyclic amines) is 1. The third-order valence-corrected chi connectivity index (χ3v) is 8.20. The highest BCUT2D eigenvalue weighted by Gasteiger charge is 2.38. The van der Waals surface area contributed by atoms with Gasteiger partial charge in [0.15, 0.2) is 0 Å². The molecule has 6 rings (SSSR count). The van der Waals surface area contributed by atoms with Gasteiger partial charge in [-0.25, -0.2) is 0 Å². The molecule has 2 aromatic carbocycles. The number of nitrogens with zero attached hydrogens (tertiary/aromatic N) is 2. The van der Waals surface area contributed by atoms with Crippen LogP contribution in [0.15, 0.2) is 42.7 Å². The highest BCUT2D eigenvalue weighted by molar-refractivity contribution is 6.33. The van der Waals surface area contributed by atoms with E-state index in [-0.39, 0.29) is 11.8 Å². The highest BCUT2D eigenvalue weighted by Crippen LogP contribution is 2.45. The second-order valence-electron chi connectivity index (χ2n) is 9.81. The first-order valence-corrected chi connectivity index (χ1v) is 12.2. The molecule has 1 N–H and O–H groups in total. The van der Waals surface area contributed by atoms with Gasteiger partial charge in [-0.15, -0.1) is 0 Å². The molecule has 0 saturated carbocycles. The van der Waals surface area contributed by atoms with Crippen molar-refractivity contribution in [1.82, 2.24) is 9.88 Å². The van der Waals surface area contributed by atoms with Crippen LogP contribution < -0.4 is 0 Å². The van der Waals surface area contributed by atoms with Crippen molar-refractivity contribution in [2.75, 3.05) is 13.1 Å². The minimum Gasteiger partial charge on any atom is -0.385 e. The molecule has 1 saturated heterocycles. The molecule has 1 unspecified atom stereocenters. The lowest BCUT2D eigenvalue weighted by molar-refractivity contribution is -0.0308. The predicted molar refractivity (Wildman–Crippen MR) is 132 cm³/mol. The van der Waals surface area contributed by atoms with Gasteiger partial charge in [-0.1, -0.05) is 29.8 Å². The molecule has 0 spiro atoms. The van der Waals surface area contributed by atoms with E-state index < -0.39 is 5.60 Å². The van der Waals surface area contributed by atoms with Crippen LogP contribution >= 0.6 is 11.6 Å². The Morgan fingerprint density at radius 1 is 1.21 bits per heavy atom. The zero-order valence-corrected chi connectivity index (χ0v) is 19.5. The molecule has 1 fully saturated rings. The SMILES string of the molecule is CC(O)(c1cccnc1)C1CCN(C(=O)c2c3c(cc4cc(Cl)c5c(c24)C5)C=CCC3)CC1. The Morgan fingerprint density at radius 3 is 2.79 bits per heavy atom. The summed E-state index contributed by atoms with van der Waals surface area (Å²) in [7, 11) is 0. The van der Waals surface area contributed by atoms with Crippen LogP contribution in [0.1, 0.15) is 64.4 Å². The number of hydrogen-bond acceptors (Lipinski definition) is 3. The summed E-state index contributed by atoms with van der Waals surface area (Å²) in [5.74, 6) is 0.217. The van der Waals surface area contributed by atoms with E-state index in [4.69, 9.17) is 11.6 Å². The molecule has 168 valence electrons. The van der Waals surface area contributed by atoms with Gasteiger partial charge in [0.05, 0.1) is 11.2 Å². The summed E-state index contributed by atoms with van der Waals surface area (Å²) in [5, 5.41) is 14.2. The number of fused-ring (bicyclic) bond motifs is 4. The van der Waals surface area contributed by atoms with Crippen molar-refractivity contribution in [1.29, 1.82) is 0 Å². The summed E-state index contributed by atoms with van der Waals surface area (Å²) in [6.45, 7) is 3.17. The number of piperidine rings is 1. The molecule has 0 bridgehead atoms. The molecule has 0 radical (unpaired) electrons. The normalized spacial score (nSPS) is 19.2. The van der Waals surface area contributed by atoms with Crippen molar-refractivity contribution in [3.05, 3.63) is 81.1 Å². The number of rotatable bonds is 3. The molecule has 1 aromatic heterocycles. The minimum atomic E-state index is -0.950. The lowest BCUT2D eigenvalue weighted by Gasteiger charge is -2.40. The topological polar surface area (TPSA) is 53.4 Å².